The molecule has 0 saturated carbocycles. The van der Waals surface area contributed by atoms with E-state index in [1.54, 1.807) is 12.1 Å². The van der Waals surface area contributed by atoms with Crippen molar-refractivity contribution in [1.82, 2.24) is 0 Å². The highest BCUT2D eigenvalue weighted by atomic mass is 16.3. The molecule has 1 unspecified atom stereocenters. The number of aryl methyl sites for hydroxylation is 1. The molecule has 1 aromatic rings. The number of hydrogen-bond donors (Lipinski definition) is 1. The number of rotatable bonds is 1. The number of benzene rings is 1. The second-order valence-corrected chi connectivity index (χ2v) is 2.69. The fourth-order valence-corrected chi connectivity index (χ4v) is 1.04. The third-order valence-electron chi connectivity index (χ3n) is 1.76. The van der Waals surface area contributed by atoms with Gasteiger partial charge in [-0.05, 0) is 18.1 Å². The van der Waals surface area contributed by atoms with E-state index in [1.165, 1.54) is 0 Å². The SMILES string of the molecule is [B]c1ccc(C)c(C(O)C#C)c1. The Morgan fingerprint density at radius 1 is 1.58 bits per heavy atom. The molecule has 0 aliphatic heterocycles. The monoisotopic (exact) mass is 156 g/mol. The van der Waals surface area contributed by atoms with E-state index in [9.17, 15) is 5.11 Å². The van der Waals surface area contributed by atoms with Crippen LogP contribution in [0, 0.1) is 19.3 Å². The van der Waals surface area contributed by atoms with E-state index in [2.05, 4.69) is 5.92 Å². The second-order valence-electron chi connectivity index (χ2n) is 2.69. The molecule has 0 amide bonds. The summed E-state index contributed by atoms with van der Waals surface area (Å²) in [4.78, 5) is 0. The summed E-state index contributed by atoms with van der Waals surface area (Å²) in [7, 11) is 5.54. The lowest BCUT2D eigenvalue weighted by molar-refractivity contribution is 0.238. The van der Waals surface area contributed by atoms with Crippen molar-refractivity contribution >= 4 is 13.3 Å². The molecule has 0 saturated heterocycles. The van der Waals surface area contributed by atoms with Crippen LogP contribution < -0.4 is 5.46 Å². The van der Waals surface area contributed by atoms with Crippen LogP contribution in [0.25, 0.3) is 0 Å². The molecule has 12 heavy (non-hydrogen) atoms. The summed E-state index contributed by atoms with van der Waals surface area (Å²) in [5.41, 5.74) is 2.28. The van der Waals surface area contributed by atoms with Gasteiger partial charge in [0, 0.05) is 0 Å². The Kier molecular flexibility index (Phi) is 2.57. The number of terminal acetylenes is 1. The predicted molar refractivity (Wildman–Crippen MR) is 50.4 cm³/mol. The Labute approximate surface area is 73.8 Å². The highest BCUT2D eigenvalue weighted by Crippen LogP contribution is 2.14. The summed E-state index contributed by atoms with van der Waals surface area (Å²) >= 11 is 0. The van der Waals surface area contributed by atoms with Crippen LogP contribution in [0.4, 0.5) is 0 Å². The van der Waals surface area contributed by atoms with Crippen molar-refractivity contribution in [3.05, 3.63) is 29.3 Å². The first-order chi connectivity index (χ1) is 5.65. The topological polar surface area (TPSA) is 20.2 Å². The first kappa shape index (κ1) is 8.90. The highest BCUT2D eigenvalue weighted by Gasteiger charge is 2.05. The minimum Gasteiger partial charge on any atom is -0.376 e. The van der Waals surface area contributed by atoms with Gasteiger partial charge in [0.15, 0.2) is 0 Å². The first-order valence-electron chi connectivity index (χ1n) is 3.65. The molecule has 1 rings (SSSR count). The van der Waals surface area contributed by atoms with E-state index >= 15 is 0 Å². The van der Waals surface area contributed by atoms with Crippen LogP contribution in [0.2, 0.25) is 0 Å². The quantitative estimate of drug-likeness (QED) is 0.462. The van der Waals surface area contributed by atoms with Gasteiger partial charge in [0.05, 0.1) is 0 Å². The van der Waals surface area contributed by atoms with Crippen LogP contribution in [0.1, 0.15) is 17.2 Å². The smallest absolute Gasteiger partial charge is 0.140 e. The Morgan fingerprint density at radius 3 is 2.83 bits per heavy atom. The van der Waals surface area contributed by atoms with Crippen molar-refractivity contribution in [3.8, 4) is 12.3 Å². The Morgan fingerprint density at radius 2 is 2.25 bits per heavy atom. The zero-order valence-corrected chi connectivity index (χ0v) is 6.91. The molecule has 1 aromatic carbocycles. The molecular weight excluding hydrogens is 147 g/mol. The molecule has 0 aliphatic carbocycles. The van der Waals surface area contributed by atoms with Gasteiger partial charge in [-0.1, -0.05) is 29.6 Å². The fourth-order valence-electron chi connectivity index (χ4n) is 1.04. The van der Waals surface area contributed by atoms with Gasteiger partial charge in [-0.2, -0.15) is 0 Å². The van der Waals surface area contributed by atoms with Gasteiger partial charge in [0.1, 0.15) is 14.0 Å². The van der Waals surface area contributed by atoms with Crippen LogP contribution in [0.15, 0.2) is 18.2 Å². The minimum absolute atomic E-state index is 0.616. The number of hydrogen-bond acceptors (Lipinski definition) is 1. The molecule has 1 nitrogen and oxygen atoms in total. The maximum absolute atomic E-state index is 9.34. The van der Waals surface area contributed by atoms with Crippen LogP contribution in [0.5, 0.6) is 0 Å². The first-order valence-corrected chi connectivity index (χ1v) is 3.65. The molecule has 58 valence electrons. The molecule has 0 spiro atoms. The van der Waals surface area contributed by atoms with Gasteiger partial charge in [-0.25, -0.2) is 0 Å². The zero-order valence-electron chi connectivity index (χ0n) is 6.91. The van der Waals surface area contributed by atoms with Crippen molar-refractivity contribution < 1.29 is 5.11 Å². The summed E-state index contributed by atoms with van der Waals surface area (Å²) < 4.78 is 0. The summed E-state index contributed by atoms with van der Waals surface area (Å²) in [6, 6.07) is 5.31. The van der Waals surface area contributed by atoms with Gasteiger partial charge in [-0.3, -0.25) is 0 Å². The molecule has 0 fully saturated rings. The van der Waals surface area contributed by atoms with E-state index in [-0.39, 0.29) is 0 Å². The van der Waals surface area contributed by atoms with Gasteiger partial charge in [0.2, 0.25) is 0 Å². The zero-order chi connectivity index (χ0) is 9.14. The molecule has 0 aliphatic rings. The van der Waals surface area contributed by atoms with E-state index in [0.29, 0.717) is 11.0 Å². The van der Waals surface area contributed by atoms with E-state index in [1.807, 2.05) is 13.0 Å². The van der Waals surface area contributed by atoms with Crippen molar-refractivity contribution in [2.45, 2.75) is 13.0 Å². The predicted octanol–water partition coefficient (Wildman–Crippen LogP) is 0.455. The Hall–Kier alpha value is -1.20. The van der Waals surface area contributed by atoms with E-state index in [4.69, 9.17) is 14.3 Å². The normalized spacial score (nSPS) is 12.1. The maximum Gasteiger partial charge on any atom is 0.140 e. The van der Waals surface area contributed by atoms with E-state index < -0.39 is 6.10 Å². The Balaban J connectivity index is 3.15. The summed E-state index contributed by atoms with van der Waals surface area (Å²) in [6.45, 7) is 1.88. The molecule has 2 heteroatoms. The second kappa shape index (κ2) is 3.47. The average molecular weight is 156 g/mol. The van der Waals surface area contributed by atoms with E-state index in [0.717, 1.165) is 5.56 Å². The van der Waals surface area contributed by atoms with Crippen LogP contribution in [0.3, 0.4) is 0 Å². The lowest BCUT2D eigenvalue weighted by atomic mass is 9.91. The molecule has 1 N–H and O–H groups in total. The third kappa shape index (κ3) is 1.69. The fraction of sp³-hybridized carbons (Fsp3) is 0.200. The maximum atomic E-state index is 9.34. The summed E-state index contributed by atoms with van der Waals surface area (Å²) in [5.74, 6) is 2.25. The highest BCUT2D eigenvalue weighted by molar-refractivity contribution is 6.32. The van der Waals surface area contributed by atoms with Crippen molar-refractivity contribution in [2.75, 3.05) is 0 Å². The van der Waals surface area contributed by atoms with Gasteiger partial charge >= 0.3 is 0 Å². The Bertz CT molecular complexity index is 325. The summed E-state index contributed by atoms with van der Waals surface area (Å²) in [5, 5.41) is 9.34. The average Bonchev–Trinajstić information content (AvgIpc) is 2.08. The van der Waals surface area contributed by atoms with Crippen molar-refractivity contribution in [1.29, 1.82) is 0 Å². The van der Waals surface area contributed by atoms with Crippen LogP contribution in [-0.2, 0) is 0 Å². The molecule has 0 bridgehead atoms. The minimum atomic E-state index is -0.853. The standard InChI is InChI=1S/C10H9BO/c1-3-10(12)9-6-8(11)5-4-7(9)2/h1,4-6,10,12H,2H3. The van der Waals surface area contributed by atoms with Crippen LogP contribution in [-0.4, -0.2) is 13.0 Å². The van der Waals surface area contributed by atoms with Gasteiger partial charge in [-0.15, -0.1) is 6.42 Å². The molecule has 1 atom stereocenters. The largest absolute Gasteiger partial charge is 0.376 e. The van der Waals surface area contributed by atoms with Crippen LogP contribution >= 0.6 is 0 Å². The summed E-state index contributed by atoms with van der Waals surface area (Å²) in [6.07, 6.45) is 4.23. The third-order valence-corrected chi connectivity index (χ3v) is 1.76. The molecular formula is C10H9BO. The van der Waals surface area contributed by atoms with Crippen molar-refractivity contribution in [2.24, 2.45) is 0 Å². The molecule has 0 aromatic heterocycles. The number of aliphatic hydroxyl groups is 1. The van der Waals surface area contributed by atoms with Gasteiger partial charge < -0.3 is 5.11 Å². The van der Waals surface area contributed by atoms with Gasteiger partial charge in [0.25, 0.3) is 0 Å². The number of aliphatic hydroxyl groups excluding tert-OH is 1. The molecule has 2 radical (unpaired) electrons. The molecule has 0 heterocycles. The lowest BCUT2D eigenvalue weighted by Crippen LogP contribution is -2.07. The van der Waals surface area contributed by atoms with Crippen molar-refractivity contribution in [3.63, 3.8) is 0 Å². The lowest BCUT2D eigenvalue weighted by Gasteiger charge is -2.08.